The van der Waals surface area contributed by atoms with Gasteiger partial charge in [0.1, 0.15) is 0 Å². The zero-order valence-electron chi connectivity index (χ0n) is 15.2. The van der Waals surface area contributed by atoms with E-state index in [2.05, 4.69) is 22.6 Å². The average molecular weight is 365 g/mol. The van der Waals surface area contributed by atoms with E-state index < -0.39 is 0 Å². The molecule has 1 aromatic rings. The maximum atomic E-state index is 12.9. The van der Waals surface area contributed by atoms with Gasteiger partial charge in [-0.05, 0) is 58.0 Å². The number of hydrogen-bond donors (Lipinski definition) is 2. The second-order valence-electron chi connectivity index (χ2n) is 7.36. The standard InChI is InChI=1S/C19H29ClN4O/c1-15(16-6-3-4-7-17(16)20)22-18(25)24-13-5-12-23(2)19(14-24)8-10-21-11-9-19/h3-4,6-7,15,21H,5,8-14H2,1-2H3,(H,22,25)/t15-/m0/s1. The normalized spacial score (nSPS) is 22.4. The molecule has 1 atom stereocenters. The van der Waals surface area contributed by atoms with Crippen molar-refractivity contribution in [1.29, 1.82) is 0 Å². The molecule has 6 heteroatoms. The Bertz CT molecular complexity index is 603. The first-order valence-electron chi connectivity index (χ1n) is 9.24. The number of nitrogens with zero attached hydrogens (tertiary/aromatic N) is 2. The van der Waals surface area contributed by atoms with Gasteiger partial charge in [-0.3, -0.25) is 4.90 Å². The highest BCUT2D eigenvalue weighted by Gasteiger charge is 2.40. The van der Waals surface area contributed by atoms with Crippen molar-refractivity contribution >= 4 is 17.6 Å². The van der Waals surface area contributed by atoms with Gasteiger partial charge < -0.3 is 15.5 Å². The minimum atomic E-state index is -0.105. The van der Waals surface area contributed by atoms with Crippen molar-refractivity contribution in [2.75, 3.05) is 39.8 Å². The maximum Gasteiger partial charge on any atom is 0.317 e. The van der Waals surface area contributed by atoms with Crippen molar-refractivity contribution in [1.82, 2.24) is 20.4 Å². The van der Waals surface area contributed by atoms with Gasteiger partial charge in [0, 0.05) is 30.2 Å². The highest BCUT2D eigenvalue weighted by molar-refractivity contribution is 6.31. The van der Waals surface area contributed by atoms with E-state index in [-0.39, 0.29) is 17.6 Å². The molecule has 3 rings (SSSR count). The topological polar surface area (TPSA) is 47.6 Å². The molecular weight excluding hydrogens is 336 g/mol. The van der Waals surface area contributed by atoms with E-state index >= 15 is 0 Å². The van der Waals surface area contributed by atoms with Crippen LogP contribution < -0.4 is 10.6 Å². The van der Waals surface area contributed by atoms with Crippen LogP contribution >= 0.6 is 11.6 Å². The van der Waals surface area contributed by atoms with Gasteiger partial charge in [-0.25, -0.2) is 4.79 Å². The minimum Gasteiger partial charge on any atom is -0.331 e. The summed E-state index contributed by atoms with van der Waals surface area (Å²) in [6.07, 6.45) is 3.19. The van der Waals surface area contributed by atoms with Crippen molar-refractivity contribution in [3.05, 3.63) is 34.9 Å². The van der Waals surface area contributed by atoms with Crippen LogP contribution in [0.1, 0.15) is 37.8 Å². The van der Waals surface area contributed by atoms with Crippen LogP contribution in [-0.4, -0.2) is 61.1 Å². The number of piperidine rings is 1. The molecule has 0 unspecified atom stereocenters. The molecule has 2 N–H and O–H groups in total. The largest absolute Gasteiger partial charge is 0.331 e. The molecule has 0 bridgehead atoms. The van der Waals surface area contributed by atoms with Crippen LogP contribution in [0.4, 0.5) is 4.79 Å². The van der Waals surface area contributed by atoms with E-state index in [4.69, 9.17) is 11.6 Å². The molecule has 0 aliphatic carbocycles. The van der Waals surface area contributed by atoms with Crippen molar-refractivity contribution in [2.24, 2.45) is 0 Å². The zero-order valence-corrected chi connectivity index (χ0v) is 16.0. The minimum absolute atomic E-state index is 0.0145. The highest BCUT2D eigenvalue weighted by Crippen LogP contribution is 2.29. The monoisotopic (exact) mass is 364 g/mol. The summed E-state index contributed by atoms with van der Waals surface area (Å²) in [5.74, 6) is 0. The van der Waals surface area contributed by atoms with E-state index in [9.17, 15) is 4.79 Å². The Balaban J connectivity index is 1.69. The fourth-order valence-corrected chi connectivity index (χ4v) is 4.38. The van der Waals surface area contributed by atoms with Crippen LogP contribution in [0.3, 0.4) is 0 Å². The van der Waals surface area contributed by atoms with Gasteiger partial charge in [-0.15, -0.1) is 0 Å². The Morgan fingerprint density at radius 2 is 2.00 bits per heavy atom. The van der Waals surface area contributed by atoms with Gasteiger partial charge in [-0.1, -0.05) is 29.8 Å². The van der Waals surface area contributed by atoms with Gasteiger partial charge >= 0.3 is 6.03 Å². The zero-order chi connectivity index (χ0) is 17.9. The fraction of sp³-hybridized carbons (Fsp3) is 0.632. The van der Waals surface area contributed by atoms with Crippen LogP contribution in [-0.2, 0) is 0 Å². The van der Waals surface area contributed by atoms with E-state index in [0.717, 1.165) is 57.5 Å². The fourth-order valence-electron chi connectivity index (χ4n) is 4.08. The van der Waals surface area contributed by atoms with Crippen molar-refractivity contribution in [2.45, 2.75) is 37.8 Å². The summed E-state index contributed by atoms with van der Waals surface area (Å²) >= 11 is 6.27. The number of urea groups is 1. The lowest BCUT2D eigenvalue weighted by Crippen LogP contribution is -2.59. The number of amides is 2. The number of halogens is 1. The molecule has 1 spiro atoms. The molecule has 2 amide bonds. The Labute approximate surface area is 155 Å². The van der Waals surface area contributed by atoms with E-state index in [1.54, 1.807) is 0 Å². The lowest BCUT2D eigenvalue weighted by molar-refractivity contribution is 0.0723. The molecule has 2 heterocycles. The summed E-state index contributed by atoms with van der Waals surface area (Å²) < 4.78 is 0. The predicted molar refractivity (Wildman–Crippen MR) is 102 cm³/mol. The Morgan fingerprint density at radius 1 is 1.28 bits per heavy atom. The number of nitrogens with one attached hydrogen (secondary N) is 2. The Kier molecular flexibility index (Phi) is 5.87. The lowest BCUT2D eigenvalue weighted by Gasteiger charge is -2.45. The van der Waals surface area contributed by atoms with Crippen LogP contribution in [0.25, 0.3) is 0 Å². The average Bonchev–Trinajstić information content (AvgIpc) is 2.76. The molecule has 2 saturated heterocycles. The third-order valence-electron chi connectivity index (χ3n) is 5.75. The van der Waals surface area contributed by atoms with Crippen LogP contribution in [0.5, 0.6) is 0 Å². The summed E-state index contributed by atoms with van der Waals surface area (Å²) in [5, 5.41) is 7.28. The highest BCUT2D eigenvalue weighted by atomic mass is 35.5. The number of carbonyl (C=O) groups excluding carboxylic acids is 1. The van der Waals surface area contributed by atoms with Crippen molar-refractivity contribution in [3.8, 4) is 0 Å². The second kappa shape index (κ2) is 7.94. The summed E-state index contributed by atoms with van der Waals surface area (Å²) in [6, 6.07) is 7.61. The maximum absolute atomic E-state index is 12.9. The van der Waals surface area contributed by atoms with Crippen LogP contribution in [0.2, 0.25) is 5.02 Å². The van der Waals surface area contributed by atoms with E-state index in [1.807, 2.05) is 36.1 Å². The lowest BCUT2D eigenvalue weighted by atomic mass is 9.86. The third-order valence-corrected chi connectivity index (χ3v) is 6.09. The molecule has 1 aromatic carbocycles. The summed E-state index contributed by atoms with van der Waals surface area (Å²) in [7, 11) is 2.21. The van der Waals surface area contributed by atoms with Gasteiger partial charge in [0.2, 0.25) is 0 Å². The molecule has 5 nitrogen and oxygen atoms in total. The van der Waals surface area contributed by atoms with Crippen LogP contribution in [0, 0.1) is 0 Å². The Morgan fingerprint density at radius 3 is 2.72 bits per heavy atom. The predicted octanol–water partition coefficient (Wildman–Crippen LogP) is 2.87. The van der Waals surface area contributed by atoms with Gasteiger partial charge in [0.05, 0.1) is 6.04 Å². The van der Waals surface area contributed by atoms with Crippen molar-refractivity contribution < 1.29 is 4.79 Å². The van der Waals surface area contributed by atoms with Crippen molar-refractivity contribution in [3.63, 3.8) is 0 Å². The Hall–Kier alpha value is -1.30. The summed E-state index contributed by atoms with van der Waals surface area (Å²) in [5.41, 5.74) is 1.06. The number of benzene rings is 1. The quantitative estimate of drug-likeness (QED) is 0.848. The number of carbonyl (C=O) groups is 1. The second-order valence-corrected chi connectivity index (χ2v) is 7.77. The van der Waals surface area contributed by atoms with Gasteiger partial charge in [0.25, 0.3) is 0 Å². The molecular formula is C19H29ClN4O. The number of likely N-dealkylation sites (N-methyl/N-ethyl adjacent to an activating group) is 1. The van der Waals surface area contributed by atoms with E-state index in [0.29, 0.717) is 5.02 Å². The first-order chi connectivity index (χ1) is 12.0. The number of rotatable bonds is 2. The van der Waals surface area contributed by atoms with Gasteiger partial charge in [0.15, 0.2) is 0 Å². The van der Waals surface area contributed by atoms with Gasteiger partial charge in [-0.2, -0.15) is 0 Å². The molecule has 2 aliphatic rings. The molecule has 2 aliphatic heterocycles. The SMILES string of the molecule is C[C@H](NC(=O)N1CCCN(C)C2(CCNCC2)C1)c1ccccc1Cl. The number of hydrogen-bond acceptors (Lipinski definition) is 3. The summed E-state index contributed by atoms with van der Waals surface area (Å²) in [6.45, 7) is 6.69. The third kappa shape index (κ3) is 4.10. The first kappa shape index (κ1) is 18.5. The molecule has 138 valence electrons. The molecule has 0 aromatic heterocycles. The summed E-state index contributed by atoms with van der Waals surface area (Å²) in [4.78, 5) is 17.4. The molecule has 0 saturated carbocycles. The first-order valence-corrected chi connectivity index (χ1v) is 9.61. The molecule has 25 heavy (non-hydrogen) atoms. The molecule has 2 fully saturated rings. The van der Waals surface area contributed by atoms with E-state index in [1.165, 1.54) is 0 Å². The smallest absolute Gasteiger partial charge is 0.317 e. The molecule has 0 radical (unpaired) electrons. The van der Waals surface area contributed by atoms with Crippen LogP contribution in [0.15, 0.2) is 24.3 Å².